The molecule has 0 aliphatic heterocycles. The highest BCUT2D eigenvalue weighted by Crippen LogP contribution is 2.58. The van der Waals surface area contributed by atoms with E-state index in [1.165, 1.54) is 24.3 Å². The number of benzene rings is 1. The standard InChI is InChI=1S/C8H10ClNO7P2/c9-6-3-1-5(2-4-6)7(11)10-8(18(12,13)14)19(15,16)17/h1-4,8H,(H,10,11)(H2,12,13,14)(H2,15,16,17). The minimum atomic E-state index is -5.20. The second kappa shape index (κ2) is 5.73. The topological polar surface area (TPSA) is 144 Å². The summed E-state index contributed by atoms with van der Waals surface area (Å²) in [5, 5.41) is 1.96. The van der Waals surface area contributed by atoms with Crippen LogP contribution in [0.2, 0.25) is 5.02 Å². The van der Waals surface area contributed by atoms with Crippen LogP contribution in [0.5, 0.6) is 0 Å². The predicted molar refractivity (Wildman–Crippen MR) is 66.8 cm³/mol. The summed E-state index contributed by atoms with van der Waals surface area (Å²) in [5.41, 5.74) is -2.63. The Morgan fingerprint density at radius 1 is 1.05 bits per heavy atom. The predicted octanol–water partition coefficient (Wildman–Crippen LogP) is 0.709. The number of halogens is 1. The Balaban J connectivity index is 2.99. The van der Waals surface area contributed by atoms with Gasteiger partial charge in [0.25, 0.3) is 5.91 Å². The van der Waals surface area contributed by atoms with Crippen LogP contribution in [0.25, 0.3) is 0 Å². The minimum Gasteiger partial charge on any atom is -0.328 e. The van der Waals surface area contributed by atoms with Crippen molar-refractivity contribution < 1.29 is 33.5 Å². The van der Waals surface area contributed by atoms with Crippen LogP contribution in [0.4, 0.5) is 0 Å². The zero-order chi connectivity index (χ0) is 14.8. The molecule has 0 aliphatic carbocycles. The van der Waals surface area contributed by atoms with Crippen LogP contribution in [0.3, 0.4) is 0 Å². The van der Waals surface area contributed by atoms with Gasteiger partial charge < -0.3 is 24.9 Å². The maximum atomic E-state index is 11.6. The molecule has 0 bridgehead atoms. The van der Waals surface area contributed by atoms with Crippen molar-refractivity contribution in [3.05, 3.63) is 34.9 Å². The molecule has 1 amide bonds. The lowest BCUT2D eigenvalue weighted by atomic mass is 10.2. The molecule has 0 spiro atoms. The molecule has 0 aliphatic rings. The monoisotopic (exact) mass is 329 g/mol. The molecule has 0 heterocycles. The minimum absolute atomic E-state index is 0.0451. The number of hydrogen-bond acceptors (Lipinski definition) is 3. The van der Waals surface area contributed by atoms with Gasteiger partial charge in [0, 0.05) is 10.6 Å². The van der Waals surface area contributed by atoms with Crippen LogP contribution in [0.15, 0.2) is 24.3 Å². The lowest BCUT2D eigenvalue weighted by molar-refractivity contribution is 0.0948. The Morgan fingerprint density at radius 3 is 1.84 bits per heavy atom. The van der Waals surface area contributed by atoms with Gasteiger partial charge in [-0.1, -0.05) is 11.6 Å². The summed E-state index contributed by atoms with van der Waals surface area (Å²) in [6.45, 7) is 0. The van der Waals surface area contributed by atoms with E-state index >= 15 is 0 Å². The van der Waals surface area contributed by atoms with Gasteiger partial charge >= 0.3 is 15.2 Å². The van der Waals surface area contributed by atoms with Crippen molar-refractivity contribution in [3.63, 3.8) is 0 Å². The maximum Gasteiger partial charge on any atom is 0.360 e. The van der Waals surface area contributed by atoms with Crippen LogP contribution in [0, 0.1) is 0 Å². The number of amides is 1. The summed E-state index contributed by atoms with van der Waals surface area (Å²) >= 11 is 5.59. The molecule has 0 saturated heterocycles. The highest BCUT2D eigenvalue weighted by Gasteiger charge is 2.44. The van der Waals surface area contributed by atoms with Gasteiger partial charge in [0.2, 0.25) is 5.52 Å². The Kier molecular flexibility index (Phi) is 4.92. The molecule has 0 aromatic heterocycles. The largest absolute Gasteiger partial charge is 0.360 e. The molecule has 0 radical (unpaired) electrons. The average Bonchev–Trinajstić information content (AvgIpc) is 2.23. The SMILES string of the molecule is O=C(NC(P(=O)(O)O)P(=O)(O)O)c1ccc(Cl)cc1. The van der Waals surface area contributed by atoms with Crippen molar-refractivity contribution in [1.29, 1.82) is 0 Å². The first-order chi connectivity index (χ1) is 8.51. The molecule has 0 atom stereocenters. The molecule has 5 N–H and O–H groups in total. The highest BCUT2D eigenvalue weighted by atomic mass is 35.5. The lowest BCUT2D eigenvalue weighted by Gasteiger charge is -2.20. The van der Waals surface area contributed by atoms with E-state index in [2.05, 4.69) is 0 Å². The van der Waals surface area contributed by atoms with Crippen molar-refractivity contribution in [3.8, 4) is 0 Å². The van der Waals surface area contributed by atoms with Crippen LogP contribution in [-0.2, 0) is 9.13 Å². The van der Waals surface area contributed by atoms with E-state index in [9.17, 15) is 13.9 Å². The van der Waals surface area contributed by atoms with E-state index in [4.69, 9.17) is 31.2 Å². The fourth-order valence-electron chi connectivity index (χ4n) is 1.17. The number of rotatable bonds is 4. The molecule has 1 aromatic rings. The highest BCUT2D eigenvalue weighted by molar-refractivity contribution is 7.70. The molecule has 106 valence electrons. The third-order valence-corrected chi connectivity index (χ3v) is 5.59. The van der Waals surface area contributed by atoms with Gasteiger partial charge in [0.15, 0.2) is 0 Å². The average molecular weight is 330 g/mol. The quantitative estimate of drug-likeness (QED) is 0.511. The van der Waals surface area contributed by atoms with Gasteiger partial charge in [-0.25, -0.2) is 0 Å². The molecule has 0 fully saturated rings. The van der Waals surface area contributed by atoms with Gasteiger partial charge in [0.1, 0.15) is 0 Å². The van der Waals surface area contributed by atoms with E-state index in [1.807, 2.05) is 0 Å². The van der Waals surface area contributed by atoms with E-state index in [0.29, 0.717) is 5.02 Å². The number of carbonyl (C=O) groups is 1. The van der Waals surface area contributed by atoms with Crippen LogP contribution in [0.1, 0.15) is 10.4 Å². The van der Waals surface area contributed by atoms with Crippen molar-refractivity contribution in [2.24, 2.45) is 0 Å². The van der Waals surface area contributed by atoms with E-state index in [-0.39, 0.29) is 5.56 Å². The molecule has 0 unspecified atom stereocenters. The molecule has 1 aromatic carbocycles. The third kappa shape index (κ3) is 4.71. The first kappa shape index (κ1) is 16.3. The molecule has 0 saturated carbocycles. The zero-order valence-electron chi connectivity index (χ0n) is 9.17. The van der Waals surface area contributed by atoms with Crippen molar-refractivity contribution in [1.82, 2.24) is 5.32 Å². The summed E-state index contributed by atoms with van der Waals surface area (Å²) in [5.74, 6) is -1.03. The van der Waals surface area contributed by atoms with Gasteiger partial charge in [-0.2, -0.15) is 0 Å². The van der Waals surface area contributed by atoms with E-state index in [0.717, 1.165) is 0 Å². The van der Waals surface area contributed by atoms with Gasteiger partial charge in [0.05, 0.1) is 0 Å². The number of carbonyl (C=O) groups excluding carboxylic acids is 1. The summed E-state index contributed by atoms with van der Waals surface area (Å²) in [7, 11) is -10.4. The Hall–Kier alpha value is -0.720. The Morgan fingerprint density at radius 2 is 1.47 bits per heavy atom. The van der Waals surface area contributed by atoms with Gasteiger partial charge in [-0.05, 0) is 24.3 Å². The maximum absolute atomic E-state index is 11.6. The first-order valence-corrected chi connectivity index (χ1v) is 8.43. The lowest BCUT2D eigenvalue weighted by Crippen LogP contribution is -2.34. The van der Waals surface area contributed by atoms with Gasteiger partial charge in [-0.3, -0.25) is 13.9 Å². The molecule has 1 rings (SSSR count). The third-order valence-electron chi connectivity index (χ3n) is 2.00. The first-order valence-electron chi connectivity index (χ1n) is 4.68. The second-order valence-corrected chi connectivity index (χ2v) is 7.77. The van der Waals surface area contributed by atoms with Crippen molar-refractivity contribution >= 4 is 32.7 Å². The molecular weight excluding hydrogens is 319 g/mol. The Bertz CT molecular complexity index is 541. The van der Waals surface area contributed by atoms with Crippen molar-refractivity contribution in [2.75, 3.05) is 0 Å². The van der Waals surface area contributed by atoms with Gasteiger partial charge in [-0.15, -0.1) is 0 Å². The fourth-order valence-corrected chi connectivity index (χ4v) is 3.43. The Labute approximate surface area is 112 Å². The van der Waals surface area contributed by atoms with Crippen LogP contribution >= 0.6 is 26.8 Å². The van der Waals surface area contributed by atoms with Crippen LogP contribution in [-0.4, -0.2) is 31.0 Å². The normalized spacial score (nSPS) is 12.5. The van der Waals surface area contributed by atoms with E-state index < -0.39 is 26.6 Å². The van der Waals surface area contributed by atoms with Crippen molar-refractivity contribution in [2.45, 2.75) is 5.52 Å². The molecule has 8 nitrogen and oxygen atoms in total. The van der Waals surface area contributed by atoms with E-state index in [1.54, 1.807) is 5.32 Å². The summed E-state index contributed by atoms with van der Waals surface area (Å²) in [6, 6.07) is 5.18. The summed E-state index contributed by atoms with van der Waals surface area (Å²) in [6.07, 6.45) is 0. The number of nitrogens with one attached hydrogen (secondary N) is 1. The fraction of sp³-hybridized carbons (Fsp3) is 0.125. The smallest absolute Gasteiger partial charge is 0.328 e. The number of hydrogen-bond donors (Lipinski definition) is 5. The summed E-state index contributed by atoms with van der Waals surface area (Å²) < 4.78 is 21.9. The molecule has 19 heavy (non-hydrogen) atoms. The second-order valence-electron chi connectivity index (χ2n) is 3.53. The molecule has 11 heteroatoms. The molecular formula is C8H10ClNO7P2. The summed E-state index contributed by atoms with van der Waals surface area (Å²) in [4.78, 5) is 47.0. The zero-order valence-corrected chi connectivity index (χ0v) is 11.7. The van der Waals surface area contributed by atoms with Crippen LogP contribution < -0.4 is 5.32 Å².